The van der Waals surface area contributed by atoms with E-state index in [2.05, 4.69) is 159 Å². The number of aromatic hydroxyl groups is 4. The van der Waals surface area contributed by atoms with Gasteiger partial charge in [0, 0.05) is 21.7 Å². The van der Waals surface area contributed by atoms with Crippen molar-refractivity contribution in [1.82, 2.24) is 0 Å². The predicted molar refractivity (Wildman–Crippen MR) is 348 cm³/mol. The van der Waals surface area contributed by atoms with Crippen LogP contribution in [0.1, 0.15) is 189 Å². The van der Waals surface area contributed by atoms with E-state index >= 15 is 0 Å². The van der Waals surface area contributed by atoms with E-state index in [-0.39, 0.29) is 0 Å². The van der Waals surface area contributed by atoms with Crippen LogP contribution < -0.4 is 18.9 Å². The van der Waals surface area contributed by atoms with E-state index in [9.17, 15) is 20.4 Å². The van der Waals surface area contributed by atoms with Crippen molar-refractivity contribution in [3.05, 3.63) is 231 Å². The van der Waals surface area contributed by atoms with Gasteiger partial charge in [-0.15, -0.1) is 0 Å². The molecule has 8 aromatic carbocycles. The van der Waals surface area contributed by atoms with Gasteiger partial charge in [-0.1, -0.05) is 104 Å². The van der Waals surface area contributed by atoms with Crippen molar-refractivity contribution in [2.24, 2.45) is 0 Å². The van der Waals surface area contributed by atoms with Crippen LogP contribution in [0.15, 0.2) is 97.1 Å². The summed E-state index contributed by atoms with van der Waals surface area (Å²) in [5.74, 6) is 2.98. The van der Waals surface area contributed by atoms with E-state index in [4.69, 9.17) is 18.9 Å². The molecule has 0 aromatic heterocycles. The molecule has 8 heteroatoms. The maximum Gasteiger partial charge on any atom is 0.611 e. The molecule has 0 aliphatic heterocycles. The molecule has 0 saturated heterocycles. The van der Waals surface area contributed by atoms with Gasteiger partial charge in [-0.3, -0.25) is 0 Å². The molecule has 0 fully saturated rings. The number of hydrogen-bond acceptors (Lipinski definition) is 8. The third-order valence-corrected chi connectivity index (χ3v) is 20.1. The van der Waals surface area contributed by atoms with Gasteiger partial charge in [-0.05, 0) is 293 Å². The van der Waals surface area contributed by atoms with Crippen LogP contribution in [-0.4, -0.2) is 26.6 Å². The summed E-state index contributed by atoms with van der Waals surface area (Å²) < 4.78 is 28.5. The molecule has 0 heterocycles. The summed E-state index contributed by atoms with van der Waals surface area (Å²) in [7, 11) is 0. The highest BCUT2D eigenvalue weighted by molar-refractivity contribution is 5.62. The van der Waals surface area contributed by atoms with Gasteiger partial charge in [-0.25, -0.2) is 0 Å². The van der Waals surface area contributed by atoms with Crippen LogP contribution in [0, 0.1) is 111 Å². The normalized spacial score (nSPS) is 12.4. The molecular weight excluding hydrogens is 1050 g/mol. The molecule has 0 bridgehead atoms. The van der Waals surface area contributed by atoms with Crippen molar-refractivity contribution in [3.8, 4) is 46.0 Å². The molecule has 448 valence electrons. The largest absolute Gasteiger partial charge is 0.611 e. The first-order chi connectivity index (χ1) is 39.4. The smallest absolute Gasteiger partial charge is 0.507 e. The summed E-state index contributed by atoms with van der Waals surface area (Å²) in [6.45, 7) is 50.1. The number of hydrogen-bond donors (Lipinski definition) is 4. The lowest BCUT2D eigenvalue weighted by Gasteiger charge is -2.35. The van der Waals surface area contributed by atoms with Crippen LogP contribution in [0.4, 0.5) is 0 Å². The molecular formula is C77H92O8. The minimum absolute atomic E-state index is 0.331. The van der Waals surface area contributed by atoms with E-state index in [1.807, 2.05) is 104 Å². The Labute approximate surface area is 507 Å². The Morgan fingerprint density at radius 3 is 0.471 bits per heavy atom. The summed E-state index contributed by atoms with van der Waals surface area (Å²) in [6.07, 6.45) is -2.30. The quantitative estimate of drug-likeness (QED) is 0.0707. The summed E-state index contributed by atoms with van der Waals surface area (Å²) in [4.78, 5) is 0. The first-order valence-electron chi connectivity index (χ1n) is 29.8. The van der Waals surface area contributed by atoms with E-state index < -0.39 is 27.8 Å². The molecule has 4 N–H and O–H groups in total. The van der Waals surface area contributed by atoms with Gasteiger partial charge in [0.25, 0.3) is 0 Å². The first kappa shape index (κ1) is 63.2. The topological polar surface area (TPSA) is 118 Å². The number of benzene rings is 8. The number of ether oxygens (including phenoxy) is 4. The Kier molecular flexibility index (Phi) is 16.8. The van der Waals surface area contributed by atoms with E-state index in [0.717, 1.165) is 134 Å². The molecule has 8 rings (SSSR count). The van der Waals surface area contributed by atoms with Crippen molar-refractivity contribution in [2.45, 2.75) is 194 Å². The van der Waals surface area contributed by atoms with Crippen molar-refractivity contribution in [3.63, 3.8) is 0 Å². The highest BCUT2D eigenvalue weighted by atomic mass is 17.0. The van der Waals surface area contributed by atoms with E-state index in [1.165, 1.54) is 0 Å². The van der Waals surface area contributed by atoms with Crippen molar-refractivity contribution in [1.29, 1.82) is 0 Å². The molecule has 0 atom stereocenters. The highest BCUT2D eigenvalue weighted by Gasteiger charge is 2.45. The Morgan fingerprint density at radius 2 is 0.341 bits per heavy atom. The maximum atomic E-state index is 11.0. The zero-order chi connectivity index (χ0) is 63.1. The van der Waals surface area contributed by atoms with Crippen LogP contribution in [-0.2, 0) is 21.7 Å². The average molecular weight is 1150 g/mol. The zero-order valence-electron chi connectivity index (χ0n) is 55.2. The zero-order valence-corrected chi connectivity index (χ0v) is 55.2. The van der Waals surface area contributed by atoms with Gasteiger partial charge < -0.3 is 39.4 Å². The van der Waals surface area contributed by atoms with Gasteiger partial charge >= 0.3 is 6.16 Å². The fourth-order valence-electron chi connectivity index (χ4n) is 14.0. The minimum atomic E-state index is -2.30. The van der Waals surface area contributed by atoms with Crippen molar-refractivity contribution < 1.29 is 39.4 Å². The minimum Gasteiger partial charge on any atom is -0.507 e. The second-order valence-electron chi connectivity index (χ2n) is 26.4. The molecule has 0 spiro atoms. The number of phenolic OH excluding ortho intramolecular Hbond substituents is 4. The summed E-state index contributed by atoms with van der Waals surface area (Å²) >= 11 is 0. The van der Waals surface area contributed by atoms with Gasteiger partial charge in [0.1, 0.15) is 46.0 Å². The molecule has 8 aromatic rings. The van der Waals surface area contributed by atoms with Crippen LogP contribution in [0.25, 0.3) is 0 Å². The average Bonchev–Trinajstić information content (AvgIpc) is 2.66. The standard InChI is InChI=1S/C77H92O8/c1-41-49(9)69(78)50(10)42(2)65(41)73(17,18)57-25-33-61(34-26-57)82-77(83-62-35-27-58(28-36-62)74(19,20)66-43(3)51(11)70(79)52(12)44(66)4,84-63-37-29-59(30-38-63)75(21,22)67-45(5)53(13)71(80)54(14)46(67)6)85-64-39-31-60(32-40-64)76(23,24)68-47(7)55(15)72(81)56(16)48(68)8/h25-40,78-81H,1-24H3. The molecule has 8 nitrogen and oxygen atoms in total. The van der Waals surface area contributed by atoms with E-state index in [1.54, 1.807) is 0 Å². The Hall–Kier alpha value is -7.84. The Bertz CT molecular complexity index is 3260. The van der Waals surface area contributed by atoms with E-state index in [0.29, 0.717) is 46.0 Å². The van der Waals surface area contributed by atoms with Crippen LogP contribution in [0.3, 0.4) is 0 Å². The lowest BCUT2D eigenvalue weighted by atomic mass is 9.72. The first-order valence-corrected chi connectivity index (χ1v) is 29.8. The van der Waals surface area contributed by atoms with Gasteiger partial charge in [0.2, 0.25) is 0 Å². The highest BCUT2D eigenvalue weighted by Crippen LogP contribution is 2.47. The fraction of sp³-hybridized carbons (Fsp3) is 0.377. The van der Waals surface area contributed by atoms with Gasteiger partial charge in [-0.2, -0.15) is 0 Å². The number of phenols is 4. The molecule has 85 heavy (non-hydrogen) atoms. The maximum absolute atomic E-state index is 11.0. The summed E-state index contributed by atoms with van der Waals surface area (Å²) in [5, 5.41) is 44.2. The second kappa shape index (κ2) is 22.5. The predicted octanol–water partition coefficient (Wildman–Crippen LogP) is 19.0. The molecule has 0 amide bonds. The third kappa shape index (κ3) is 10.9. The van der Waals surface area contributed by atoms with Crippen molar-refractivity contribution >= 4 is 0 Å². The Morgan fingerprint density at radius 1 is 0.212 bits per heavy atom. The molecule has 0 radical (unpaired) electrons. The van der Waals surface area contributed by atoms with Crippen LogP contribution >= 0.6 is 0 Å². The monoisotopic (exact) mass is 1140 g/mol. The second-order valence-corrected chi connectivity index (χ2v) is 26.4. The van der Waals surface area contributed by atoms with Gasteiger partial charge in [0.05, 0.1) is 0 Å². The molecule has 0 aliphatic carbocycles. The van der Waals surface area contributed by atoms with Crippen LogP contribution in [0.2, 0.25) is 0 Å². The summed E-state index contributed by atoms with van der Waals surface area (Å²) in [5.41, 5.74) is 22.3. The van der Waals surface area contributed by atoms with Gasteiger partial charge in [0.15, 0.2) is 0 Å². The van der Waals surface area contributed by atoms with Crippen LogP contribution in [0.5, 0.6) is 46.0 Å². The lowest BCUT2D eigenvalue weighted by molar-refractivity contribution is -0.367. The Balaban J connectivity index is 1.29. The number of rotatable bonds is 16. The fourth-order valence-corrected chi connectivity index (χ4v) is 14.0. The van der Waals surface area contributed by atoms with Crippen molar-refractivity contribution in [2.75, 3.05) is 0 Å². The summed E-state index contributed by atoms with van der Waals surface area (Å²) in [6, 6.07) is 31.8. The SMILES string of the molecule is Cc1c(C)c(C(C)(C)c2ccc(OC(Oc3ccc(C(C)(C)c4c(C)c(C)c(O)c(C)c4C)cc3)(Oc3ccc(C(C)(C)c4c(C)c(C)c(O)c(C)c4C)cc3)Oc3ccc(C(C)(C)c4c(C)c(C)c(O)c(C)c4C)cc3)cc2)c(C)c(C)c1O. The molecule has 0 saturated carbocycles. The third-order valence-electron chi connectivity index (χ3n) is 20.1. The molecule has 0 aliphatic rings. The molecule has 0 unspecified atom stereocenters. The lowest BCUT2D eigenvalue weighted by Crippen LogP contribution is -2.53.